The fraction of sp³-hybridized carbons (Fsp3) is 0.182. The zero-order valence-electron chi connectivity index (χ0n) is 8.13. The number of allylic oxidation sites excluding steroid dienone is 1. The van der Waals surface area contributed by atoms with Gasteiger partial charge in [-0.05, 0) is 12.5 Å². The van der Waals surface area contributed by atoms with Crippen LogP contribution >= 0.6 is 0 Å². The monoisotopic (exact) mass is 212 g/mol. The molecule has 1 N–H and O–H groups in total. The van der Waals surface area contributed by atoms with Crippen LogP contribution in [0.5, 0.6) is 0 Å². The lowest BCUT2D eigenvalue weighted by atomic mass is 10.0. The SMILES string of the molecule is CC/C(=C(/F)C(=O)O)c1ccccc1F. The molecule has 1 rings (SSSR count). The van der Waals surface area contributed by atoms with Crippen molar-refractivity contribution >= 4 is 11.5 Å². The maximum Gasteiger partial charge on any atom is 0.365 e. The van der Waals surface area contributed by atoms with Gasteiger partial charge >= 0.3 is 5.97 Å². The molecule has 1 aromatic carbocycles. The highest BCUT2D eigenvalue weighted by molar-refractivity contribution is 5.94. The predicted octanol–water partition coefficient (Wildman–Crippen LogP) is 3.00. The molecule has 0 amide bonds. The van der Waals surface area contributed by atoms with Crippen molar-refractivity contribution < 1.29 is 18.7 Å². The lowest BCUT2D eigenvalue weighted by Gasteiger charge is -2.06. The van der Waals surface area contributed by atoms with Gasteiger partial charge in [0, 0.05) is 11.1 Å². The summed E-state index contributed by atoms with van der Waals surface area (Å²) in [5.74, 6) is -3.59. The van der Waals surface area contributed by atoms with Crippen molar-refractivity contribution in [2.75, 3.05) is 0 Å². The standard InChI is InChI=1S/C11H10F2O2/c1-2-7(10(13)11(14)15)8-5-3-4-6-9(8)12/h3-6H,2H2,1H3,(H,14,15)/b10-7-. The number of hydrogen-bond donors (Lipinski definition) is 1. The summed E-state index contributed by atoms with van der Waals surface area (Å²) in [7, 11) is 0. The number of rotatable bonds is 3. The number of carboxylic acid groups (broad SMARTS) is 1. The fourth-order valence-corrected chi connectivity index (χ4v) is 1.30. The van der Waals surface area contributed by atoms with E-state index in [0.29, 0.717) is 0 Å². The number of benzene rings is 1. The van der Waals surface area contributed by atoms with E-state index in [0.717, 1.165) is 0 Å². The van der Waals surface area contributed by atoms with Gasteiger partial charge in [0.15, 0.2) is 0 Å². The minimum atomic E-state index is -1.67. The molecule has 0 saturated heterocycles. The third-order valence-corrected chi connectivity index (χ3v) is 2.01. The molecular formula is C11H10F2O2. The van der Waals surface area contributed by atoms with Crippen molar-refractivity contribution in [1.29, 1.82) is 0 Å². The van der Waals surface area contributed by atoms with Crippen LogP contribution in [0, 0.1) is 5.82 Å². The Balaban J connectivity index is 3.31. The number of carbonyl (C=O) groups is 1. The van der Waals surface area contributed by atoms with E-state index >= 15 is 0 Å². The molecular weight excluding hydrogens is 202 g/mol. The van der Waals surface area contributed by atoms with Gasteiger partial charge in [0.1, 0.15) is 5.82 Å². The second-order valence-electron chi connectivity index (χ2n) is 2.93. The summed E-state index contributed by atoms with van der Waals surface area (Å²) >= 11 is 0. The molecule has 0 heterocycles. The van der Waals surface area contributed by atoms with Crippen LogP contribution in [0.2, 0.25) is 0 Å². The van der Waals surface area contributed by atoms with Gasteiger partial charge in [-0.2, -0.15) is 4.39 Å². The Morgan fingerprint density at radius 1 is 1.40 bits per heavy atom. The molecule has 0 aliphatic carbocycles. The quantitative estimate of drug-likeness (QED) is 0.782. The Morgan fingerprint density at radius 3 is 2.47 bits per heavy atom. The molecule has 80 valence electrons. The van der Waals surface area contributed by atoms with Crippen LogP contribution in [0.1, 0.15) is 18.9 Å². The molecule has 4 heteroatoms. The van der Waals surface area contributed by atoms with Gasteiger partial charge in [-0.15, -0.1) is 0 Å². The largest absolute Gasteiger partial charge is 0.476 e. The molecule has 0 fully saturated rings. The summed E-state index contributed by atoms with van der Waals surface area (Å²) in [6.45, 7) is 1.57. The van der Waals surface area contributed by atoms with Crippen LogP contribution in [-0.4, -0.2) is 11.1 Å². The molecule has 0 bridgehead atoms. The summed E-state index contributed by atoms with van der Waals surface area (Å²) < 4.78 is 26.4. The average molecular weight is 212 g/mol. The van der Waals surface area contributed by atoms with Crippen LogP contribution in [0.15, 0.2) is 30.1 Å². The molecule has 2 nitrogen and oxygen atoms in total. The first kappa shape index (κ1) is 11.4. The van der Waals surface area contributed by atoms with Crippen molar-refractivity contribution in [3.8, 4) is 0 Å². The van der Waals surface area contributed by atoms with E-state index in [-0.39, 0.29) is 17.6 Å². The van der Waals surface area contributed by atoms with E-state index < -0.39 is 17.6 Å². The van der Waals surface area contributed by atoms with Crippen molar-refractivity contribution in [2.45, 2.75) is 13.3 Å². The van der Waals surface area contributed by atoms with Gasteiger partial charge in [0.25, 0.3) is 0 Å². The summed E-state index contributed by atoms with van der Waals surface area (Å²) in [4.78, 5) is 10.4. The third-order valence-electron chi connectivity index (χ3n) is 2.01. The van der Waals surface area contributed by atoms with E-state index in [1.807, 2.05) is 0 Å². The smallest absolute Gasteiger partial charge is 0.365 e. The highest BCUT2D eigenvalue weighted by atomic mass is 19.1. The topological polar surface area (TPSA) is 37.3 Å². The van der Waals surface area contributed by atoms with E-state index in [1.54, 1.807) is 6.92 Å². The molecule has 0 spiro atoms. The predicted molar refractivity (Wildman–Crippen MR) is 52.4 cm³/mol. The van der Waals surface area contributed by atoms with Gasteiger partial charge in [0.05, 0.1) is 0 Å². The van der Waals surface area contributed by atoms with Crippen molar-refractivity contribution in [1.82, 2.24) is 0 Å². The Morgan fingerprint density at radius 2 is 2.00 bits per heavy atom. The highest BCUT2D eigenvalue weighted by Crippen LogP contribution is 2.25. The minimum Gasteiger partial charge on any atom is -0.476 e. The lowest BCUT2D eigenvalue weighted by Crippen LogP contribution is -2.00. The van der Waals surface area contributed by atoms with Gasteiger partial charge in [-0.1, -0.05) is 25.1 Å². The number of carboxylic acids is 1. The zero-order valence-corrected chi connectivity index (χ0v) is 8.13. The Bertz CT molecular complexity index is 411. The maximum atomic E-state index is 13.3. The molecule has 1 aromatic rings. The van der Waals surface area contributed by atoms with E-state index in [2.05, 4.69) is 0 Å². The molecule has 0 aliphatic heterocycles. The van der Waals surface area contributed by atoms with Gasteiger partial charge in [-0.3, -0.25) is 0 Å². The molecule has 0 saturated carbocycles. The van der Waals surface area contributed by atoms with Crippen LogP contribution in [-0.2, 0) is 4.79 Å². The van der Waals surface area contributed by atoms with Crippen LogP contribution in [0.4, 0.5) is 8.78 Å². The molecule has 0 atom stereocenters. The van der Waals surface area contributed by atoms with E-state index in [9.17, 15) is 13.6 Å². The number of hydrogen-bond acceptors (Lipinski definition) is 1. The Hall–Kier alpha value is -1.71. The first-order chi connectivity index (χ1) is 7.07. The Kier molecular flexibility index (Phi) is 3.55. The van der Waals surface area contributed by atoms with Crippen molar-refractivity contribution in [3.63, 3.8) is 0 Å². The van der Waals surface area contributed by atoms with Crippen molar-refractivity contribution in [2.24, 2.45) is 0 Å². The van der Waals surface area contributed by atoms with Gasteiger partial charge in [-0.25, -0.2) is 9.18 Å². The number of aliphatic carboxylic acids is 1. The maximum absolute atomic E-state index is 13.3. The second kappa shape index (κ2) is 4.68. The average Bonchev–Trinajstić information content (AvgIpc) is 2.21. The lowest BCUT2D eigenvalue weighted by molar-refractivity contribution is -0.134. The first-order valence-electron chi connectivity index (χ1n) is 4.44. The summed E-state index contributed by atoms with van der Waals surface area (Å²) in [6.07, 6.45) is 0.124. The third kappa shape index (κ3) is 2.40. The summed E-state index contributed by atoms with van der Waals surface area (Å²) in [5, 5.41) is 8.48. The molecule has 0 unspecified atom stereocenters. The Labute approximate surface area is 85.9 Å². The van der Waals surface area contributed by atoms with Crippen LogP contribution < -0.4 is 0 Å². The van der Waals surface area contributed by atoms with Gasteiger partial charge < -0.3 is 5.11 Å². The van der Waals surface area contributed by atoms with Crippen LogP contribution in [0.25, 0.3) is 5.57 Å². The minimum absolute atomic E-state index is 0.0000926. The zero-order chi connectivity index (χ0) is 11.4. The summed E-state index contributed by atoms with van der Waals surface area (Å²) in [5.41, 5.74) is -0.125. The molecule has 0 radical (unpaired) electrons. The van der Waals surface area contributed by atoms with Gasteiger partial charge in [0.2, 0.25) is 5.83 Å². The first-order valence-corrected chi connectivity index (χ1v) is 4.44. The second-order valence-corrected chi connectivity index (χ2v) is 2.93. The molecule has 0 aromatic heterocycles. The van der Waals surface area contributed by atoms with Crippen molar-refractivity contribution in [3.05, 3.63) is 41.5 Å². The normalized spacial score (nSPS) is 12.2. The highest BCUT2D eigenvalue weighted by Gasteiger charge is 2.16. The van der Waals surface area contributed by atoms with Crippen LogP contribution in [0.3, 0.4) is 0 Å². The van der Waals surface area contributed by atoms with E-state index in [1.165, 1.54) is 24.3 Å². The molecule has 0 aliphatic rings. The molecule has 15 heavy (non-hydrogen) atoms. The summed E-state index contributed by atoms with van der Waals surface area (Å²) in [6, 6.07) is 5.52. The fourth-order valence-electron chi connectivity index (χ4n) is 1.30. The number of halogens is 2. The van der Waals surface area contributed by atoms with E-state index in [4.69, 9.17) is 5.11 Å².